The lowest BCUT2D eigenvalue weighted by Gasteiger charge is -2.08. The van der Waals surface area contributed by atoms with Crippen LogP contribution in [0.1, 0.15) is 11.3 Å². The minimum Gasteiger partial charge on any atom is -0.281 e. The first-order valence-electron chi connectivity index (χ1n) is 4.94. The molecule has 0 saturated heterocycles. The van der Waals surface area contributed by atoms with Gasteiger partial charge in [0.05, 0.1) is 23.8 Å². The molecule has 0 spiro atoms. The van der Waals surface area contributed by atoms with Gasteiger partial charge in [-0.05, 0) is 25.5 Å². The average Bonchev–Trinajstić information content (AvgIpc) is 2.68. The van der Waals surface area contributed by atoms with Gasteiger partial charge in [0.2, 0.25) is 0 Å². The summed E-state index contributed by atoms with van der Waals surface area (Å²) in [6.07, 6.45) is 4.36. The van der Waals surface area contributed by atoms with Gasteiger partial charge >= 0.3 is 0 Å². The highest BCUT2D eigenvalue weighted by molar-refractivity contribution is 7.92. The maximum absolute atomic E-state index is 12.0. The molecular weight excluding hydrogens is 240 g/mol. The minimum atomic E-state index is -3.61. The molecule has 0 saturated carbocycles. The molecule has 0 aromatic carbocycles. The number of anilines is 1. The third-order valence-electron chi connectivity index (χ3n) is 2.36. The van der Waals surface area contributed by atoms with Crippen LogP contribution in [0.5, 0.6) is 0 Å². The van der Waals surface area contributed by atoms with E-state index in [2.05, 4.69) is 19.9 Å². The number of sulfonamides is 1. The quantitative estimate of drug-likeness (QED) is 0.859. The number of aryl methyl sites for hydroxylation is 2. The minimum absolute atomic E-state index is 0.140. The van der Waals surface area contributed by atoms with E-state index in [0.717, 1.165) is 5.56 Å². The van der Waals surface area contributed by atoms with E-state index in [1.165, 1.54) is 12.4 Å². The lowest BCUT2D eigenvalue weighted by molar-refractivity contribution is 0.600. The third-order valence-corrected chi connectivity index (χ3v) is 3.84. The SMILES string of the molecule is Cc1ccncc1NS(=O)(=O)c1cn[nH]c1C. The number of rotatable bonds is 3. The van der Waals surface area contributed by atoms with Gasteiger partial charge < -0.3 is 0 Å². The Bertz CT molecular complexity index is 633. The molecule has 2 aromatic rings. The molecule has 0 atom stereocenters. The van der Waals surface area contributed by atoms with E-state index in [4.69, 9.17) is 0 Å². The molecule has 2 aromatic heterocycles. The summed E-state index contributed by atoms with van der Waals surface area (Å²) in [5, 5.41) is 6.28. The van der Waals surface area contributed by atoms with Crippen LogP contribution in [0.15, 0.2) is 29.6 Å². The third kappa shape index (κ3) is 2.28. The Morgan fingerprint density at radius 1 is 1.29 bits per heavy atom. The van der Waals surface area contributed by atoms with Crippen LogP contribution in [0.4, 0.5) is 5.69 Å². The second-order valence-corrected chi connectivity index (χ2v) is 5.31. The van der Waals surface area contributed by atoms with Crippen LogP contribution in [0.2, 0.25) is 0 Å². The molecule has 2 heterocycles. The second kappa shape index (κ2) is 4.17. The Morgan fingerprint density at radius 3 is 2.65 bits per heavy atom. The Hall–Kier alpha value is -1.89. The predicted octanol–water partition coefficient (Wildman–Crippen LogP) is 1.22. The first-order valence-corrected chi connectivity index (χ1v) is 6.42. The van der Waals surface area contributed by atoms with Crippen molar-refractivity contribution < 1.29 is 8.42 Å². The summed E-state index contributed by atoms with van der Waals surface area (Å²) in [5.74, 6) is 0. The number of aromatic nitrogens is 3. The second-order valence-electron chi connectivity index (χ2n) is 3.66. The summed E-state index contributed by atoms with van der Waals surface area (Å²) in [5.41, 5.74) is 1.77. The van der Waals surface area contributed by atoms with Crippen molar-refractivity contribution in [2.75, 3.05) is 4.72 Å². The molecule has 17 heavy (non-hydrogen) atoms. The van der Waals surface area contributed by atoms with Gasteiger partial charge in [-0.15, -0.1) is 0 Å². The van der Waals surface area contributed by atoms with E-state index in [-0.39, 0.29) is 4.90 Å². The van der Waals surface area contributed by atoms with Crippen molar-refractivity contribution in [2.45, 2.75) is 18.7 Å². The van der Waals surface area contributed by atoms with Gasteiger partial charge in [0.1, 0.15) is 4.90 Å². The summed E-state index contributed by atoms with van der Waals surface area (Å²) in [7, 11) is -3.61. The number of nitrogens with zero attached hydrogens (tertiary/aromatic N) is 2. The molecule has 0 fully saturated rings. The molecular formula is C10H12N4O2S. The zero-order valence-corrected chi connectivity index (χ0v) is 10.2. The standard InChI is InChI=1S/C10H12N4O2S/c1-7-3-4-11-5-9(7)14-17(15,16)10-6-12-13-8(10)2/h3-6,14H,1-2H3,(H,12,13). The van der Waals surface area contributed by atoms with Crippen molar-refractivity contribution in [3.63, 3.8) is 0 Å². The first kappa shape index (κ1) is 11.6. The fourth-order valence-corrected chi connectivity index (χ4v) is 2.63. The monoisotopic (exact) mass is 252 g/mol. The summed E-state index contributed by atoms with van der Waals surface area (Å²) < 4.78 is 26.6. The number of pyridine rings is 1. The normalized spacial score (nSPS) is 11.4. The average molecular weight is 252 g/mol. The first-order chi connectivity index (χ1) is 8.00. The van der Waals surface area contributed by atoms with Gasteiger partial charge in [-0.25, -0.2) is 8.42 Å². The number of nitrogens with one attached hydrogen (secondary N) is 2. The van der Waals surface area contributed by atoms with Crippen molar-refractivity contribution in [1.29, 1.82) is 0 Å². The van der Waals surface area contributed by atoms with E-state index in [1.807, 2.05) is 6.92 Å². The Kier molecular flexibility index (Phi) is 2.84. The largest absolute Gasteiger partial charge is 0.281 e. The number of hydrogen-bond acceptors (Lipinski definition) is 4. The van der Waals surface area contributed by atoms with Crippen molar-refractivity contribution in [3.05, 3.63) is 35.9 Å². The van der Waals surface area contributed by atoms with Crippen LogP contribution in [0, 0.1) is 13.8 Å². The van der Waals surface area contributed by atoms with Crippen LogP contribution in [-0.4, -0.2) is 23.6 Å². The van der Waals surface area contributed by atoms with Crippen molar-refractivity contribution in [3.8, 4) is 0 Å². The van der Waals surface area contributed by atoms with Gasteiger partial charge in [0.15, 0.2) is 0 Å². The van der Waals surface area contributed by atoms with E-state index >= 15 is 0 Å². The molecule has 7 heteroatoms. The molecule has 0 unspecified atom stereocenters. The number of aromatic amines is 1. The number of H-pyrrole nitrogens is 1. The van der Waals surface area contributed by atoms with Crippen LogP contribution in [-0.2, 0) is 10.0 Å². The predicted molar refractivity (Wildman–Crippen MR) is 63.1 cm³/mol. The topological polar surface area (TPSA) is 87.7 Å². The Morgan fingerprint density at radius 2 is 2.06 bits per heavy atom. The molecule has 0 amide bonds. The fourth-order valence-electron chi connectivity index (χ4n) is 1.38. The Labute approximate surface area is 99.1 Å². The van der Waals surface area contributed by atoms with Crippen LogP contribution >= 0.6 is 0 Å². The molecule has 2 rings (SSSR count). The zero-order valence-electron chi connectivity index (χ0n) is 9.43. The molecule has 6 nitrogen and oxygen atoms in total. The summed E-state index contributed by atoms with van der Waals surface area (Å²) in [6, 6.07) is 1.74. The molecule has 0 bridgehead atoms. The van der Waals surface area contributed by atoms with Gasteiger partial charge in [-0.1, -0.05) is 0 Å². The lowest BCUT2D eigenvalue weighted by Crippen LogP contribution is -2.14. The highest BCUT2D eigenvalue weighted by Crippen LogP contribution is 2.19. The smallest absolute Gasteiger partial charge is 0.265 e. The van der Waals surface area contributed by atoms with E-state index in [1.54, 1.807) is 19.2 Å². The number of hydrogen-bond donors (Lipinski definition) is 2. The lowest BCUT2D eigenvalue weighted by atomic mass is 10.3. The molecule has 2 N–H and O–H groups in total. The van der Waals surface area contributed by atoms with Crippen LogP contribution in [0.25, 0.3) is 0 Å². The van der Waals surface area contributed by atoms with E-state index in [9.17, 15) is 8.42 Å². The van der Waals surface area contributed by atoms with Crippen molar-refractivity contribution in [1.82, 2.24) is 15.2 Å². The molecule has 90 valence electrons. The summed E-state index contributed by atoms with van der Waals surface area (Å²) in [4.78, 5) is 4.02. The van der Waals surface area contributed by atoms with Gasteiger partial charge in [0.25, 0.3) is 10.0 Å². The van der Waals surface area contributed by atoms with Gasteiger partial charge in [-0.2, -0.15) is 5.10 Å². The van der Waals surface area contributed by atoms with Crippen molar-refractivity contribution >= 4 is 15.7 Å². The molecule has 0 radical (unpaired) electrons. The fraction of sp³-hybridized carbons (Fsp3) is 0.200. The molecule has 0 aliphatic carbocycles. The van der Waals surface area contributed by atoms with E-state index < -0.39 is 10.0 Å². The van der Waals surface area contributed by atoms with Gasteiger partial charge in [-0.3, -0.25) is 14.8 Å². The highest BCUT2D eigenvalue weighted by atomic mass is 32.2. The molecule has 0 aliphatic rings. The molecule has 0 aliphatic heterocycles. The highest BCUT2D eigenvalue weighted by Gasteiger charge is 2.19. The van der Waals surface area contributed by atoms with E-state index in [0.29, 0.717) is 11.4 Å². The van der Waals surface area contributed by atoms with Crippen LogP contribution < -0.4 is 4.72 Å². The Balaban J connectivity index is 2.37. The van der Waals surface area contributed by atoms with Crippen LogP contribution in [0.3, 0.4) is 0 Å². The maximum atomic E-state index is 12.0. The maximum Gasteiger partial charge on any atom is 0.265 e. The van der Waals surface area contributed by atoms with Crippen molar-refractivity contribution in [2.24, 2.45) is 0 Å². The van der Waals surface area contributed by atoms with Gasteiger partial charge in [0, 0.05) is 6.20 Å². The zero-order chi connectivity index (χ0) is 12.5. The summed E-state index contributed by atoms with van der Waals surface area (Å²) >= 11 is 0. The summed E-state index contributed by atoms with van der Waals surface area (Å²) in [6.45, 7) is 3.46.